The highest BCUT2D eigenvalue weighted by Gasteiger charge is 2.22. The molecule has 3 nitrogen and oxygen atoms in total. The van der Waals surface area contributed by atoms with E-state index in [1.807, 2.05) is 13.1 Å². The van der Waals surface area contributed by atoms with Crippen molar-refractivity contribution in [3.8, 4) is 0 Å². The molecule has 1 N–H and O–H groups in total. The molecule has 1 aliphatic carbocycles. The molecule has 0 radical (unpaired) electrons. The van der Waals surface area contributed by atoms with Crippen molar-refractivity contribution in [2.45, 2.75) is 58.5 Å². The Morgan fingerprint density at radius 2 is 2.38 bits per heavy atom. The minimum atomic E-state index is 0.458. The zero-order valence-electron chi connectivity index (χ0n) is 10.5. The lowest BCUT2D eigenvalue weighted by Gasteiger charge is -2.28. The van der Waals surface area contributed by atoms with Crippen molar-refractivity contribution >= 4 is 0 Å². The summed E-state index contributed by atoms with van der Waals surface area (Å²) in [6, 6.07) is 1.02. The topological polar surface area (TPSA) is 37.8 Å². The van der Waals surface area contributed by atoms with Crippen molar-refractivity contribution in [2.75, 3.05) is 0 Å². The average Bonchev–Trinajstić information content (AvgIpc) is 2.28. The van der Waals surface area contributed by atoms with Gasteiger partial charge in [0.05, 0.1) is 0 Å². The molecule has 88 valence electrons. The number of hydrogen-bond acceptors (Lipinski definition) is 3. The number of hydrogen-bond donors (Lipinski definition) is 1. The Bertz CT molecular complexity index is 362. The molecule has 0 spiro atoms. The SMILES string of the molecule is CCC(C)NC1CCCc2nc(C)ncc21. The highest BCUT2D eigenvalue weighted by molar-refractivity contribution is 5.24. The molecular formula is C13H21N3. The number of aryl methyl sites for hydroxylation is 2. The van der Waals surface area contributed by atoms with E-state index in [0.717, 1.165) is 12.2 Å². The van der Waals surface area contributed by atoms with Crippen LogP contribution in [0.2, 0.25) is 0 Å². The summed E-state index contributed by atoms with van der Waals surface area (Å²) in [5.74, 6) is 0.892. The quantitative estimate of drug-likeness (QED) is 0.849. The van der Waals surface area contributed by atoms with E-state index < -0.39 is 0 Å². The lowest BCUT2D eigenvalue weighted by molar-refractivity contribution is 0.398. The number of rotatable bonds is 3. The van der Waals surface area contributed by atoms with Gasteiger partial charge in [0.25, 0.3) is 0 Å². The maximum absolute atomic E-state index is 4.55. The van der Waals surface area contributed by atoms with Crippen LogP contribution in [0.5, 0.6) is 0 Å². The van der Waals surface area contributed by atoms with Crippen LogP contribution in [-0.4, -0.2) is 16.0 Å². The fourth-order valence-corrected chi connectivity index (χ4v) is 2.28. The lowest BCUT2D eigenvalue weighted by Crippen LogP contribution is -2.32. The first-order valence-corrected chi connectivity index (χ1v) is 6.29. The van der Waals surface area contributed by atoms with Gasteiger partial charge in [-0.1, -0.05) is 6.92 Å². The van der Waals surface area contributed by atoms with Crippen LogP contribution in [0.25, 0.3) is 0 Å². The van der Waals surface area contributed by atoms with Crippen molar-refractivity contribution in [1.29, 1.82) is 0 Å². The molecule has 1 heterocycles. The molecule has 2 atom stereocenters. The highest BCUT2D eigenvalue weighted by atomic mass is 15.0. The molecule has 0 aliphatic heterocycles. The van der Waals surface area contributed by atoms with Gasteiger partial charge in [-0.2, -0.15) is 0 Å². The molecule has 0 amide bonds. The summed E-state index contributed by atoms with van der Waals surface area (Å²) in [5, 5.41) is 3.66. The van der Waals surface area contributed by atoms with E-state index in [4.69, 9.17) is 0 Å². The van der Waals surface area contributed by atoms with E-state index in [1.165, 1.54) is 30.5 Å². The van der Waals surface area contributed by atoms with Gasteiger partial charge in [-0.25, -0.2) is 9.97 Å². The summed E-state index contributed by atoms with van der Waals surface area (Å²) in [6.45, 7) is 6.42. The number of aromatic nitrogens is 2. The van der Waals surface area contributed by atoms with Gasteiger partial charge in [0, 0.05) is 29.5 Å². The highest BCUT2D eigenvalue weighted by Crippen LogP contribution is 2.28. The average molecular weight is 219 g/mol. The largest absolute Gasteiger partial charge is 0.307 e. The second kappa shape index (κ2) is 4.91. The summed E-state index contributed by atoms with van der Waals surface area (Å²) in [6.07, 6.45) is 6.73. The smallest absolute Gasteiger partial charge is 0.125 e. The summed E-state index contributed by atoms with van der Waals surface area (Å²) < 4.78 is 0. The third kappa shape index (κ3) is 2.40. The predicted octanol–water partition coefficient (Wildman–Crippen LogP) is 2.55. The van der Waals surface area contributed by atoms with Gasteiger partial charge in [0.15, 0.2) is 0 Å². The predicted molar refractivity (Wildman–Crippen MR) is 65.3 cm³/mol. The molecule has 1 aromatic rings. The van der Waals surface area contributed by atoms with Crippen molar-refractivity contribution < 1.29 is 0 Å². The number of nitrogens with zero attached hydrogens (tertiary/aromatic N) is 2. The minimum absolute atomic E-state index is 0.458. The van der Waals surface area contributed by atoms with Gasteiger partial charge in [0.1, 0.15) is 5.82 Å². The van der Waals surface area contributed by atoms with Crippen LogP contribution >= 0.6 is 0 Å². The third-order valence-electron chi connectivity index (χ3n) is 3.40. The zero-order valence-corrected chi connectivity index (χ0v) is 10.5. The summed E-state index contributed by atoms with van der Waals surface area (Å²) in [7, 11) is 0. The fraction of sp³-hybridized carbons (Fsp3) is 0.692. The summed E-state index contributed by atoms with van der Waals surface area (Å²) >= 11 is 0. The number of nitrogens with one attached hydrogen (secondary N) is 1. The first-order chi connectivity index (χ1) is 7.70. The molecule has 0 fully saturated rings. The first-order valence-electron chi connectivity index (χ1n) is 6.29. The van der Waals surface area contributed by atoms with Crippen molar-refractivity contribution in [1.82, 2.24) is 15.3 Å². The molecule has 0 bridgehead atoms. The summed E-state index contributed by atoms with van der Waals surface area (Å²) in [5.41, 5.74) is 2.57. The third-order valence-corrected chi connectivity index (χ3v) is 3.40. The van der Waals surface area contributed by atoms with Crippen LogP contribution < -0.4 is 5.32 Å². The molecule has 3 heteroatoms. The minimum Gasteiger partial charge on any atom is -0.307 e. The van der Waals surface area contributed by atoms with E-state index >= 15 is 0 Å². The van der Waals surface area contributed by atoms with Crippen LogP contribution in [-0.2, 0) is 6.42 Å². The molecule has 0 saturated heterocycles. The Balaban J connectivity index is 2.19. The molecule has 16 heavy (non-hydrogen) atoms. The zero-order chi connectivity index (χ0) is 11.5. The number of fused-ring (bicyclic) bond motifs is 1. The Morgan fingerprint density at radius 1 is 1.56 bits per heavy atom. The van der Waals surface area contributed by atoms with Crippen molar-refractivity contribution in [2.24, 2.45) is 0 Å². The van der Waals surface area contributed by atoms with E-state index in [9.17, 15) is 0 Å². The van der Waals surface area contributed by atoms with Crippen LogP contribution in [0, 0.1) is 6.92 Å². The molecule has 2 rings (SSSR count). The van der Waals surface area contributed by atoms with Crippen LogP contribution in [0.1, 0.15) is 56.2 Å². The van der Waals surface area contributed by atoms with Gasteiger partial charge in [0.2, 0.25) is 0 Å². The molecular weight excluding hydrogens is 198 g/mol. The second-order valence-electron chi connectivity index (χ2n) is 4.74. The second-order valence-corrected chi connectivity index (χ2v) is 4.74. The lowest BCUT2D eigenvalue weighted by atomic mass is 9.91. The van der Waals surface area contributed by atoms with Crippen molar-refractivity contribution in [3.05, 3.63) is 23.3 Å². The van der Waals surface area contributed by atoms with E-state index in [2.05, 4.69) is 29.1 Å². The van der Waals surface area contributed by atoms with Gasteiger partial charge >= 0.3 is 0 Å². The van der Waals surface area contributed by atoms with Crippen LogP contribution in [0.3, 0.4) is 0 Å². The van der Waals surface area contributed by atoms with Crippen LogP contribution in [0.4, 0.5) is 0 Å². The maximum Gasteiger partial charge on any atom is 0.125 e. The summed E-state index contributed by atoms with van der Waals surface area (Å²) in [4.78, 5) is 8.87. The van der Waals surface area contributed by atoms with Crippen molar-refractivity contribution in [3.63, 3.8) is 0 Å². The monoisotopic (exact) mass is 219 g/mol. The molecule has 1 aliphatic rings. The Kier molecular flexibility index (Phi) is 3.54. The molecule has 1 aromatic heterocycles. The Morgan fingerprint density at radius 3 is 3.12 bits per heavy atom. The Labute approximate surface area is 97.7 Å². The van der Waals surface area contributed by atoms with Gasteiger partial charge in [-0.15, -0.1) is 0 Å². The first kappa shape index (κ1) is 11.5. The van der Waals surface area contributed by atoms with Crippen LogP contribution in [0.15, 0.2) is 6.20 Å². The van der Waals surface area contributed by atoms with Gasteiger partial charge in [-0.05, 0) is 39.5 Å². The van der Waals surface area contributed by atoms with Gasteiger partial charge < -0.3 is 5.32 Å². The molecule has 0 aromatic carbocycles. The van der Waals surface area contributed by atoms with E-state index in [0.29, 0.717) is 12.1 Å². The molecule has 2 unspecified atom stereocenters. The van der Waals surface area contributed by atoms with Gasteiger partial charge in [-0.3, -0.25) is 0 Å². The maximum atomic E-state index is 4.55. The normalized spacial score (nSPS) is 21.6. The fourth-order valence-electron chi connectivity index (χ4n) is 2.28. The van der Waals surface area contributed by atoms with E-state index in [-0.39, 0.29) is 0 Å². The Hall–Kier alpha value is -0.960. The molecule has 0 saturated carbocycles. The van der Waals surface area contributed by atoms with E-state index in [1.54, 1.807) is 0 Å². The standard InChI is InChI=1S/C13H21N3/c1-4-9(2)15-12-6-5-7-13-11(12)8-14-10(3)16-13/h8-9,12,15H,4-7H2,1-3H3.